The molecule has 8 nitrogen and oxygen atoms in total. The standard InChI is InChI=1S/C31H42O8/c1-8-19(2)15-20(3)13-11-9-10-12-14-25(33)38-26-24(37-22(5)32)17-29(7,34)28(6)16-23-21(4)18-36-31(23,35)27-30(26,28)39-27/h9-15,19,23-24,26-27,34-35H,4,8,16-18H2,1-3,5-7H3/b10-9+,13-11+,14-12+,20-15+. The summed E-state index contributed by atoms with van der Waals surface area (Å²) in [7, 11) is 0. The number of esters is 2. The first-order valence-corrected chi connectivity index (χ1v) is 13.7. The van der Waals surface area contributed by atoms with Gasteiger partial charge in [0.2, 0.25) is 5.79 Å². The Labute approximate surface area is 231 Å². The maximum Gasteiger partial charge on any atom is 0.331 e. The molecule has 4 aliphatic rings. The predicted molar refractivity (Wildman–Crippen MR) is 145 cm³/mol. The van der Waals surface area contributed by atoms with Crippen LogP contribution in [0, 0.1) is 17.3 Å². The molecule has 8 heteroatoms. The summed E-state index contributed by atoms with van der Waals surface area (Å²) in [5.74, 6) is -2.83. The molecular formula is C31H42O8. The molecule has 2 aliphatic carbocycles. The van der Waals surface area contributed by atoms with Crippen molar-refractivity contribution in [1.82, 2.24) is 0 Å². The summed E-state index contributed by atoms with van der Waals surface area (Å²) >= 11 is 0. The van der Waals surface area contributed by atoms with E-state index in [0.29, 0.717) is 12.3 Å². The van der Waals surface area contributed by atoms with Crippen molar-refractivity contribution in [3.05, 3.63) is 60.3 Å². The maximum absolute atomic E-state index is 13.0. The molecule has 2 aliphatic heterocycles. The van der Waals surface area contributed by atoms with E-state index in [-0.39, 0.29) is 13.0 Å². The number of fused-ring (bicyclic) bond motifs is 2. The quantitative estimate of drug-likeness (QED) is 0.155. The number of rotatable bonds is 8. The Morgan fingerprint density at radius 1 is 1.10 bits per heavy atom. The van der Waals surface area contributed by atoms with Gasteiger partial charge in [0, 0.05) is 30.8 Å². The van der Waals surface area contributed by atoms with E-state index in [2.05, 4.69) is 26.5 Å². The summed E-state index contributed by atoms with van der Waals surface area (Å²) in [6.45, 7) is 15.4. The minimum atomic E-state index is -1.66. The molecule has 4 rings (SSSR count). The lowest BCUT2D eigenvalue weighted by Gasteiger charge is -2.58. The number of carbonyl (C=O) groups is 2. The molecule has 2 saturated carbocycles. The van der Waals surface area contributed by atoms with E-state index in [9.17, 15) is 19.8 Å². The molecule has 0 bridgehead atoms. The second-order valence-corrected chi connectivity index (χ2v) is 12.0. The van der Waals surface area contributed by atoms with Gasteiger partial charge in [-0.2, -0.15) is 0 Å². The summed E-state index contributed by atoms with van der Waals surface area (Å²) < 4.78 is 23.4. The first-order chi connectivity index (χ1) is 18.2. The summed E-state index contributed by atoms with van der Waals surface area (Å²) in [5, 5.41) is 23.2. The Balaban J connectivity index is 1.55. The molecule has 0 aromatic carbocycles. The molecule has 2 N–H and O–H groups in total. The number of allylic oxidation sites excluding steroid dienone is 7. The normalized spacial score (nSPS) is 42.4. The summed E-state index contributed by atoms with van der Waals surface area (Å²) in [6, 6.07) is 0. The zero-order valence-corrected chi connectivity index (χ0v) is 23.8. The van der Waals surface area contributed by atoms with E-state index in [1.54, 1.807) is 19.1 Å². The molecule has 0 radical (unpaired) electrons. The first kappa shape index (κ1) is 29.5. The largest absolute Gasteiger partial charge is 0.458 e. The Kier molecular flexibility index (Phi) is 7.91. The second-order valence-electron chi connectivity index (χ2n) is 12.0. The van der Waals surface area contributed by atoms with Gasteiger partial charge < -0.3 is 29.2 Å². The van der Waals surface area contributed by atoms with Crippen molar-refractivity contribution >= 4 is 11.9 Å². The lowest BCUT2D eigenvalue weighted by Crippen LogP contribution is -2.73. The Hall–Kier alpha value is -2.52. The number of ether oxygens (including phenoxy) is 4. The molecule has 9 atom stereocenters. The molecular weight excluding hydrogens is 500 g/mol. The molecule has 4 fully saturated rings. The molecule has 0 aromatic heterocycles. The van der Waals surface area contributed by atoms with Crippen LogP contribution in [0.15, 0.2) is 60.3 Å². The minimum Gasteiger partial charge on any atom is -0.458 e. The lowest BCUT2D eigenvalue weighted by atomic mass is 9.48. The van der Waals surface area contributed by atoms with Gasteiger partial charge in [-0.3, -0.25) is 4.79 Å². The third kappa shape index (κ3) is 4.97. The molecule has 2 heterocycles. The van der Waals surface area contributed by atoms with Gasteiger partial charge in [0.05, 0.1) is 12.2 Å². The maximum atomic E-state index is 13.0. The van der Waals surface area contributed by atoms with Crippen LogP contribution in [-0.4, -0.2) is 64.1 Å². The van der Waals surface area contributed by atoms with E-state index < -0.39 is 58.6 Å². The Bertz CT molecular complexity index is 1130. The third-order valence-electron chi connectivity index (χ3n) is 9.20. The fourth-order valence-electron chi connectivity index (χ4n) is 6.70. The van der Waals surface area contributed by atoms with Crippen LogP contribution in [-0.2, 0) is 28.5 Å². The van der Waals surface area contributed by atoms with E-state index in [1.807, 2.05) is 32.1 Å². The Morgan fingerprint density at radius 2 is 1.77 bits per heavy atom. The van der Waals surface area contributed by atoms with Crippen molar-refractivity contribution in [3.63, 3.8) is 0 Å². The monoisotopic (exact) mass is 542 g/mol. The fourth-order valence-corrected chi connectivity index (χ4v) is 6.70. The van der Waals surface area contributed by atoms with Gasteiger partial charge >= 0.3 is 11.9 Å². The van der Waals surface area contributed by atoms with Crippen LogP contribution in [0.3, 0.4) is 0 Å². The van der Waals surface area contributed by atoms with E-state index in [0.717, 1.165) is 17.6 Å². The molecule has 39 heavy (non-hydrogen) atoms. The van der Waals surface area contributed by atoms with Crippen molar-refractivity contribution in [1.29, 1.82) is 0 Å². The predicted octanol–water partition coefficient (Wildman–Crippen LogP) is 4.08. The van der Waals surface area contributed by atoms with Gasteiger partial charge in [-0.25, -0.2) is 4.79 Å². The molecule has 0 aromatic rings. The minimum absolute atomic E-state index is 0.0370. The van der Waals surface area contributed by atoms with Crippen LogP contribution in [0.4, 0.5) is 0 Å². The van der Waals surface area contributed by atoms with Gasteiger partial charge in [-0.1, -0.05) is 75.8 Å². The number of hydrogen-bond donors (Lipinski definition) is 2. The van der Waals surface area contributed by atoms with Crippen LogP contribution < -0.4 is 0 Å². The topological polar surface area (TPSA) is 115 Å². The van der Waals surface area contributed by atoms with E-state index in [1.165, 1.54) is 13.0 Å². The number of hydrogen-bond acceptors (Lipinski definition) is 8. The van der Waals surface area contributed by atoms with Crippen LogP contribution in [0.25, 0.3) is 0 Å². The van der Waals surface area contributed by atoms with Crippen molar-refractivity contribution in [2.75, 3.05) is 6.61 Å². The molecule has 1 spiro atoms. The van der Waals surface area contributed by atoms with Crippen molar-refractivity contribution < 1.29 is 38.7 Å². The van der Waals surface area contributed by atoms with E-state index >= 15 is 0 Å². The third-order valence-corrected chi connectivity index (χ3v) is 9.20. The highest BCUT2D eigenvalue weighted by Crippen LogP contribution is 2.73. The van der Waals surface area contributed by atoms with Gasteiger partial charge in [0.15, 0.2) is 6.10 Å². The van der Waals surface area contributed by atoms with Gasteiger partial charge in [-0.15, -0.1) is 0 Å². The molecule has 0 amide bonds. The van der Waals surface area contributed by atoms with Crippen LogP contribution in [0.5, 0.6) is 0 Å². The van der Waals surface area contributed by atoms with Crippen LogP contribution >= 0.6 is 0 Å². The summed E-state index contributed by atoms with van der Waals surface area (Å²) in [4.78, 5) is 25.0. The molecule has 9 unspecified atom stereocenters. The van der Waals surface area contributed by atoms with Crippen molar-refractivity contribution in [2.45, 2.75) is 96.1 Å². The zero-order valence-electron chi connectivity index (χ0n) is 23.8. The second kappa shape index (κ2) is 10.5. The zero-order chi connectivity index (χ0) is 28.8. The first-order valence-electron chi connectivity index (χ1n) is 13.7. The highest BCUT2D eigenvalue weighted by Gasteiger charge is 2.89. The molecule has 214 valence electrons. The average Bonchev–Trinajstić information content (AvgIpc) is 3.56. The highest BCUT2D eigenvalue weighted by atomic mass is 16.7. The van der Waals surface area contributed by atoms with Gasteiger partial charge in [-0.05, 0) is 31.8 Å². The smallest absolute Gasteiger partial charge is 0.331 e. The fraction of sp³-hybridized carbons (Fsp3) is 0.613. The summed E-state index contributed by atoms with van der Waals surface area (Å²) in [6.07, 6.45) is 11.0. The Morgan fingerprint density at radius 3 is 2.41 bits per heavy atom. The van der Waals surface area contributed by atoms with Crippen LogP contribution in [0.2, 0.25) is 0 Å². The van der Waals surface area contributed by atoms with Gasteiger partial charge in [0.1, 0.15) is 17.8 Å². The van der Waals surface area contributed by atoms with Crippen LogP contribution in [0.1, 0.15) is 60.8 Å². The molecule has 2 saturated heterocycles. The van der Waals surface area contributed by atoms with Gasteiger partial charge in [0.25, 0.3) is 0 Å². The lowest BCUT2D eigenvalue weighted by molar-refractivity contribution is -0.265. The average molecular weight is 543 g/mol. The SMILES string of the molecule is C=C1COC2(O)C1CC1(C)C(C)(O)CC(OC(C)=O)C(OC(=O)/C=C/C=C/C=C/C(C)=C/C(C)CC)C13OC23. The summed E-state index contributed by atoms with van der Waals surface area (Å²) in [5.41, 5.74) is -1.74. The highest BCUT2D eigenvalue weighted by molar-refractivity contribution is 5.82. The number of epoxide rings is 1. The van der Waals surface area contributed by atoms with Crippen molar-refractivity contribution in [3.8, 4) is 0 Å². The number of carbonyl (C=O) groups excluding carboxylic acids is 2. The number of aliphatic hydroxyl groups is 2. The van der Waals surface area contributed by atoms with E-state index in [4.69, 9.17) is 18.9 Å². The van der Waals surface area contributed by atoms with Crippen molar-refractivity contribution in [2.24, 2.45) is 17.3 Å².